The van der Waals surface area contributed by atoms with Crippen LogP contribution in [-0.4, -0.2) is 17.4 Å². The van der Waals surface area contributed by atoms with Crippen molar-refractivity contribution in [1.82, 2.24) is 0 Å². The average molecular weight is 351 g/mol. The monoisotopic (exact) mass is 349 g/mol. The van der Waals surface area contributed by atoms with Crippen LogP contribution in [0.5, 0.6) is 5.75 Å². The van der Waals surface area contributed by atoms with Crippen LogP contribution in [0.4, 0.5) is 0 Å². The Bertz CT molecular complexity index is 406. The Labute approximate surface area is 121 Å². The quantitative estimate of drug-likeness (QED) is 0.804. The molecule has 0 atom stereocenters. The van der Waals surface area contributed by atoms with Gasteiger partial charge in [0.2, 0.25) is 0 Å². The van der Waals surface area contributed by atoms with E-state index in [0.717, 1.165) is 16.7 Å². The van der Waals surface area contributed by atoms with Crippen LogP contribution in [0.2, 0.25) is 0 Å². The van der Waals surface area contributed by atoms with E-state index in [1.807, 2.05) is 26.0 Å². The number of benzene rings is 1. The van der Waals surface area contributed by atoms with E-state index in [2.05, 4.69) is 4.99 Å². The van der Waals surface area contributed by atoms with Crippen molar-refractivity contribution in [2.45, 2.75) is 32.7 Å². The Morgan fingerprint density at radius 3 is 2.47 bits per heavy atom. The van der Waals surface area contributed by atoms with Gasteiger partial charge in [0.1, 0.15) is 5.75 Å². The van der Waals surface area contributed by atoms with Crippen LogP contribution >= 0.6 is 17.0 Å². The van der Waals surface area contributed by atoms with E-state index in [4.69, 9.17) is 17.0 Å². The molecule has 2 nitrogen and oxygen atoms in total. The molecule has 1 N–H and O–H groups in total. The van der Waals surface area contributed by atoms with Crippen LogP contribution in [0.1, 0.15) is 29.5 Å². The standard InChI is InChI=1S/C12H15NO.2ClH.Zr/c1-8-5-9(2)12(14)10(6-8)7-13-11-3-4-11;;;/h5-7,11,14H,3-4H2,1-2H3;2*1H;/q;;;+2/p-2. The van der Waals surface area contributed by atoms with E-state index in [1.165, 1.54) is 12.8 Å². The third-order valence-corrected chi connectivity index (χ3v) is 2.45. The first-order chi connectivity index (χ1) is 8.08. The second-order valence-corrected chi connectivity index (χ2v) is 7.83. The van der Waals surface area contributed by atoms with Crippen molar-refractivity contribution in [1.29, 1.82) is 0 Å². The van der Waals surface area contributed by atoms with Gasteiger partial charge in [0.05, 0.1) is 6.04 Å². The number of aromatic hydroxyl groups is 1. The molecule has 17 heavy (non-hydrogen) atoms. The second-order valence-electron chi connectivity index (χ2n) is 4.10. The molecule has 92 valence electrons. The zero-order valence-corrected chi connectivity index (χ0v) is 13.8. The minimum absolute atomic E-state index is 0.361. The predicted molar refractivity (Wildman–Crippen MR) is 69.9 cm³/mol. The molecule has 1 aliphatic carbocycles. The van der Waals surface area contributed by atoms with Gasteiger partial charge in [0.15, 0.2) is 0 Å². The number of phenols is 1. The summed E-state index contributed by atoms with van der Waals surface area (Å²) in [6, 6.07) is 4.45. The Morgan fingerprint density at radius 2 is 1.94 bits per heavy atom. The van der Waals surface area contributed by atoms with E-state index in [9.17, 15) is 5.11 Å². The maximum atomic E-state index is 9.76. The van der Waals surface area contributed by atoms with Gasteiger partial charge in [0.25, 0.3) is 0 Å². The molecule has 0 aliphatic heterocycles. The van der Waals surface area contributed by atoms with Gasteiger partial charge in [0, 0.05) is 11.8 Å². The number of aryl methyl sites for hydroxylation is 2. The molecular formula is C12H15Cl2NOZr. The summed E-state index contributed by atoms with van der Waals surface area (Å²) in [4.78, 5) is 4.36. The van der Waals surface area contributed by atoms with Gasteiger partial charge in [-0.15, -0.1) is 0 Å². The Morgan fingerprint density at radius 1 is 1.35 bits per heavy atom. The maximum absolute atomic E-state index is 9.76. The summed E-state index contributed by atoms with van der Waals surface area (Å²) in [5.74, 6) is 0.361. The molecule has 1 saturated carbocycles. The third kappa shape index (κ3) is 5.55. The molecule has 1 fully saturated rings. The fourth-order valence-electron chi connectivity index (χ4n) is 1.50. The number of halogens is 2. The molecule has 1 aromatic carbocycles. The topological polar surface area (TPSA) is 32.6 Å². The fourth-order valence-corrected chi connectivity index (χ4v) is 1.50. The van der Waals surface area contributed by atoms with Gasteiger partial charge in [-0.2, -0.15) is 0 Å². The van der Waals surface area contributed by atoms with Gasteiger partial charge in [-0.1, -0.05) is 6.07 Å². The molecule has 0 spiro atoms. The first kappa shape index (κ1) is 15.2. The van der Waals surface area contributed by atoms with Crippen molar-refractivity contribution in [2.75, 3.05) is 0 Å². The summed E-state index contributed by atoms with van der Waals surface area (Å²) in [6.07, 6.45) is 4.19. The van der Waals surface area contributed by atoms with Crippen LogP contribution in [0.15, 0.2) is 17.1 Å². The molecule has 0 heterocycles. The van der Waals surface area contributed by atoms with Gasteiger partial charge < -0.3 is 5.11 Å². The first-order valence-corrected chi connectivity index (χ1v) is 11.7. The molecule has 0 saturated heterocycles. The van der Waals surface area contributed by atoms with Crippen molar-refractivity contribution >= 4 is 23.2 Å². The summed E-state index contributed by atoms with van der Waals surface area (Å²) in [7, 11) is 9.87. The number of rotatable bonds is 2. The number of hydrogen-bond donors (Lipinski definition) is 1. The van der Waals surface area contributed by atoms with Crippen molar-refractivity contribution in [3.8, 4) is 5.75 Å². The number of hydrogen-bond acceptors (Lipinski definition) is 2. The van der Waals surface area contributed by atoms with Gasteiger partial charge in [-0.05, 0) is 43.9 Å². The number of phenolic OH excluding ortho intramolecular Hbond substituents is 1. The molecule has 0 radical (unpaired) electrons. The number of aliphatic imine (C=N–C) groups is 1. The van der Waals surface area contributed by atoms with Crippen molar-refractivity contribution in [3.63, 3.8) is 0 Å². The summed E-state index contributed by atoms with van der Waals surface area (Å²) >= 11 is -0.826. The molecule has 0 unspecified atom stereocenters. The molecular weight excluding hydrogens is 336 g/mol. The van der Waals surface area contributed by atoms with Gasteiger partial charge in [-0.25, -0.2) is 0 Å². The van der Waals surface area contributed by atoms with Gasteiger partial charge in [-0.3, -0.25) is 4.99 Å². The SMILES string of the molecule is Cc1cc(C)c(O)c(C=NC2CC2)c1.[Cl][Zr][Cl]. The summed E-state index contributed by atoms with van der Waals surface area (Å²) in [5, 5.41) is 9.76. The first-order valence-electron chi connectivity index (χ1n) is 5.38. The number of nitrogens with zero attached hydrogens (tertiary/aromatic N) is 1. The summed E-state index contributed by atoms with van der Waals surface area (Å²) in [5.41, 5.74) is 2.93. The normalized spacial score (nSPS) is 14.4. The molecule has 0 amide bonds. The molecule has 0 bridgehead atoms. The summed E-state index contributed by atoms with van der Waals surface area (Å²) in [6.45, 7) is 3.94. The van der Waals surface area contributed by atoms with E-state index in [0.29, 0.717) is 11.8 Å². The van der Waals surface area contributed by atoms with Crippen molar-refractivity contribution in [2.24, 2.45) is 4.99 Å². The van der Waals surface area contributed by atoms with E-state index in [-0.39, 0.29) is 0 Å². The predicted octanol–water partition coefficient (Wildman–Crippen LogP) is 3.97. The van der Waals surface area contributed by atoms with Gasteiger partial charge >= 0.3 is 37.9 Å². The Balaban J connectivity index is 0.000000437. The molecule has 5 heteroatoms. The molecule has 2 rings (SSSR count). The molecule has 1 aliphatic rings. The van der Waals surface area contributed by atoms with Crippen LogP contribution in [0, 0.1) is 13.8 Å². The Kier molecular flexibility index (Phi) is 6.76. The third-order valence-electron chi connectivity index (χ3n) is 2.45. The second kappa shape index (κ2) is 7.56. The summed E-state index contributed by atoms with van der Waals surface area (Å²) < 4.78 is 0. The zero-order valence-electron chi connectivity index (χ0n) is 9.87. The van der Waals surface area contributed by atoms with Crippen LogP contribution in [0.25, 0.3) is 0 Å². The van der Waals surface area contributed by atoms with Crippen LogP contribution in [0.3, 0.4) is 0 Å². The van der Waals surface area contributed by atoms with Crippen molar-refractivity contribution in [3.05, 3.63) is 28.8 Å². The zero-order chi connectivity index (χ0) is 12.8. The van der Waals surface area contributed by atoms with E-state index in [1.54, 1.807) is 6.21 Å². The molecule has 0 aromatic heterocycles. The van der Waals surface area contributed by atoms with E-state index < -0.39 is 20.8 Å². The minimum atomic E-state index is -0.826. The van der Waals surface area contributed by atoms with E-state index >= 15 is 0 Å². The Hall–Kier alpha value is 0.153. The fraction of sp³-hybridized carbons (Fsp3) is 0.417. The van der Waals surface area contributed by atoms with Crippen LogP contribution in [-0.2, 0) is 20.8 Å². The van der Waals surface area contributed by atoms with Crippen LogP contribution < -0.4 is 0 Å². The van der Waals surface area contributed by atoms with Crippen molar-refractivity contribution < 1.29 is 26.0 Å². The average Bonchev–Trinajstić information content (AvgIpc) is 3.06. The molecule has 1 aromatic rings.